The van der Waals surface area contributed by atoms with Gasteiger partial charge in [0.05, 0.1) is 4.88 Å². The van der Waals surface area contributed by atoms with Crippen LogP contribution in [-0.4, -0.2) is 36.0 Å². The number of hydrogen-bond donors (Lipinski definition) is 1. The maximum Gasteiger partial charge on any atom is 0.102 e. The number of oxime groups is 1. The molecule has 1 saturated heterocycles. The molecule has 2 aliphatic rings. The van der Waals surface area contributed by atoms with Gasteiger partial charge in [0, 0.05) is 25.1 Å². The summed E-state index contributed by atoms with van der Waals surface area (Å²) in [5.41, 5.74) is 7.51. The molecule has 1 fully saturated rings. The van der Waals surface area contributed by atoms with Crippen LogP contribution in [0.3, 0.4) is 0 Å². The van der Waals surface area contributed by atoms with E-state index in [-0.39, 0.29) is 0 Å². The van der Waals surface area contributed by atoms with Crippen molar-refractivity contribution in [1.29, 1.82) is 0 Å². The molecule has 0 saturated carbocycles. The number of nitrogens with zero attached hydrogens (tertiary/aromatic N) is 2. The van der Waals surface area contributed by atoms with E-state index in [0.717, 1.165) is 36.5 Å². The van der Waals surface area contributed by atoms with Crippen molar-refractivity contribution in [3.05, 3.63) is 62.9 Å². The van der Waals surface area contributed by atoms with Crippen molar-refractivity contribution in [2.75, 3.05) is 20.1 Å². The highest BCUT2D eigenvalue weighted by Gasteiger charge is 2.26. The van der Waals surface area contributed by atoms with E-state index in [2.05, 4.69) is 52.8 Å². The molecule has 4 rings (SSSR count). The van der Waals surface area contributed by atoms with Crippen molar-refractivity contribution in [2.24, 2.45) is 5.16 Å². The molecule has 0 spiro atoms. The van der Waals surface area contributed by atoms with E-state index in [1.807, 2.05) is 0 Å². The van der Waals surface area contributed by atoms with Crippen LogP contribution in [0, 0.1) is 0 Å². The third-order valence-electron chi connectivity index (χ3n) is 4.91. The Bertz CT molecular complexity index is 793. The lowest BCUT2D eigenvalue weighted by Gasteiger charge is -2.27. The molecular formula is C19H20N2OS. The van der Waals surface area contributed by atoms with Gasteiger partial charge >= 0.3 is 0 Å². The summed E-state index contributed by atoms with van der Waals surface area (Å²) in [4.78, 5) is 3.51. The molecule has 118 valence electrons. The van der Waals surface area contributed by atoms with Gasteiger partial charge in [-0.2, -0.15) is 0 Å². The number of fused-ring (bicyclic) bond motifs is 2. The first-order valence-corrected chi connectivity index (χ1v) is 8.94. The van der Waals surface area contributed by atoms with Gasteiger partial charge in [0.25, 0.3) is 0 Å². The van der Waals surface area contributed by atoms with Gasteiger partial charge in [-0.1, -0.05) is 35.0 Å². The molecule has 1 aromatic heterocycles. The molecule has 3 nitrogen and oxygen atoms in total. The molecule has 2 aromatic rings. The average Bonchev–Trinajstić information content (AvgIpc) is 3.00. The summed E-state index contributed by atoms with van der Waals surface area (Å²) in [5.74, 6) is 0. The van der Waals surface area contributed by atoms with Crippen LogP contribution in [0.25, 0.3) is 5.57 Å². The highest BCUT2D eigenvalue weighted by molar-refractivity contribution is 7.12. The fraction of sp³-hybridized carbons (Fsp3) is 0.316. The predicted octanol–water partition coefficient (Wildman–Crippen LogP) is 4.01. The number of benzene rings is 1. The number of rotatable bonds is 0. The van der Waals surface area contributed by atoms with Gasteiger partial charge in [-0.05, 0) is 48.0 Å². The molecule has 4 heteroatoms. The molecule has 1 aliphatic carbocycles. The molecule has 23 heavy (non-hydrogen) atoms. The zero-order valence-corrected chi connectivity index (χ0v) is 14.1. The van der Waals surface area contributed by atoms with E-state index in [1.54, 1.807) is 11.3 Å². The summed E-state index contributed by atoms with van der Waals surface area (Å²) < 4.78 is 0. The molecule has 0 radical (unpaired) electrons. The van der Waals surface area contributed by atoms with E-state index in [9.17, 15) is 5.21 Å². The van der Waals surface area contributed by atoms with Crippen molar-refractivity contribution in [3.8, 4) is 0 Å². The third-order valence-corrected chi connectivity index (χ3v) is 5.87. The van der Waals surface area contributed by atoms with Gasteiger partial charge in [-0.3, -0.25) is 0 Å². The molecule has 1 N–H and O–H groups in total. The minimum Gasteiger partial charge on any atom is -0.411 e. The highest BCUT2D eigenvalue weighted by Crippen LogP contribution is 2.40. The maximum absolute atomic E-state index is 9.51. The van der Waals surface area contributed by atoms with Gasteiger partial charge in [0.15, 0.2) is 0 Å². The molecule has 0 unspecified atom stereocenters. The average molecular weight is 324 g/mol. The molecule has 0 atom stereocenters. The lowest BCUT2D eigenvalue weighted by Crippen LogP contribution is -2.27. The van der Waals surface area contributed by atoms with Crippen molar-refractivity contribution >= 4 is 22.6 Å². The first-order valence-electron chi connectivity index (χ1n) is 8.06. The Morgan fingerprint density at radius 2 is 1.87 bits per heavy atom. The Hall–Kier alpha value is -1.91. The monoisotopic (exact) mass is 324 g/mol. The van der Waals surface area contributed by atoms with Crippen LogP contribution in [0.2, 0.25) is 0 Å². The Labute approximate surface area is 140 Å². The van der Waals surface area contributed by atoms with Crippen LogP contribution in [0.1, 0.15) is 34.4 Å². The lowest BCUT2D eigenvalue weighted by molar-refractivity contribution is 0.313. The number of thiophene rings is 1. The van der Waals surface area contributed by atoms with E-state index in [4.69, 9.17) is 0 Å². The van der Waals surface area contributed by atoms with E-state index < -0.39 is 0 Å². The van der Waals surface area contributed by atoms with Crippen LogP contribution in [0.5, 0.6) is 0 Å². The zero-order chi connectivity index (χ0) is 15.8. The largest absolute Gasteiger partial charge is 0.411 e. The van der Waals surface area contributed by atoms with Gasteiger partial charge in [0.2, 0.25) is 0 Å². The summed E-state index contributed by atoms with van der Waals surface area (Å²) in [5, 5.41) is 15.2. The Morgan fingerprint density at radius 1 is 1.09 bits per heavy atom. The van der Waals surface area contributed by atoms with Gasteiger partial charge in [0.1, 0.15) is 5.71 Å². The van der Waals surface area contributed by atoms with Gasteiger partial charge in [-0.15, -0.1) is 11.3 Å². The summed E-state index contributed by atoms with van der Waals surface area (Å²) in [6, 6.07) is 10.8. The Kier molecular flexibility index (Phi) is 3.79. The normalized spacial score (nSPS) is 20.3. The zero-order valence-electron chi connectivity index (χ0n) is 13.2. The smallest absolute Gasteiger partial charge is 0.102 e. The first kappa shape index (κ1) is 14.7. The van der Waals surface area contributed by atoms with Crippen molar-refractivity contribution < 1.29 is 5.21 Å². The summed E-state index contributed by atoms with van der Waals surface area (Å²) in [7, 11) is 2.19. The number of hydrogen-bond acceptors (Lipinski definition) is 4. The standard InChI is InChI=1S/C19H20N2OS/c1-21-9-6-13(7-10-21)18-15-5-3-2-4-14(15)12-17(20-22)19-16(18)8-11-23-19/h2-5,8,11,22H,6-7,9-10,12H2,1H3/b20-17+. The van der Waals surface area contributed by atoms with Crippen LogP contribution in [0.4, 0.5) is 0 Å². The fourth-order valence-corrected chi connectivity index (χ4v) is 4.54. The molecule has 1 aromatic carbocycles. The number of likely N-dealkylation sites (tertiary alicyclic amines) is 1. The second-order valence-corrected chi connectivity index (χ2v) is 7.24. The number of piperidine rings is 1. The predicted molar refractivity (Wildman–Crippen MR) is 95.5 cm³/mol. The van der Waals surface area contributed by atoms with E-state index >= 15 is 0 Å². The molecule has 2 heterocycles. The van der Waals surface area contributed by atoms with Crippen molar-refractivity contribution in [3.63, 3.8) is 0 Å². The quantitative estimate of drug-likeness (QED) is 0.587. The minimum atomic E-state index is 0.691. The van der Waals surface area contributed by atoms with Gasteiger partial charge in [-0.25, -0.2) is 0 Å². The van der Waals surface area contributed by atoms with Gasteiger partial charge < -0.3 is 10.1 Å². The van der Waals surface area contributed by atoms with Crippen molar-refractivity contribution in [2.45, 2.75) is 19.3 Å². The van der Waals surface area contributed by atoms with E-state index in [0.29, 0.717) is 6.42 Å². The van der Waals surface area contributed by atoms with Crippen molar-refractivity contribution in [1.82, 2.24) is 4.90 Å². The lowest BCUT2D eigenvalue weighted by atomic mass is 9.88. The van der Waals surface area contributed by atoms with Crippen LogP contribution < -0.4 is 0 Å². The summed E-state index contributed by atoms with van der Waals surface area (Å²) in [6.45, 7) is 2.23. The van der Waals surface area contributed by atoms with E-state index in [1.165, 1.54) is 27.8 Å². The second-order valence-electron chi connectivity index (χ2n) is 6.33. The maximum atomic E-state index is 9.51. The topological polar surface area (TPSA) is 35.8 Å². The molecule has 0 bridgehead atoms. The summed E-state index contributed by atoms with van der Waals surface area (Å²) >= 11 is 1.67. The first-order chi connectivity index (χ1) is 11.3. The van der Waals surface area contributed by atoms with Crippen LogP contribution in [0.15, 0.2) is 46.4 Å². The SMILES string of the molecule is CN1CCC(=C2c3ccccc3C/C(=N\O)c3sccc32)CC1. The molecule has 1 aliphatic heterocycles. The van der Waals surface area contributed by atoms with Crippen LogP contribution >= 0.6 is 11.3 Å². The Morgan fingerprint density at radius 3 is 2.65 bits per heavy atom. The highest BCUT2D eigenvalue weighted by atomic mass is 32.1. The third kappa shape index (κ3) is 2.52. The van der Waals surface area contributed by atoms with Crippen LogP contribution in [-0.2, 0) is 6.42 Å². The molecule has 0 amide bonds. The minimum absolute atomic E-state index is 0.691. The molecular weight excluding hydrogens is 304 g/mol. The second kappa shape index (κ2) is 5.95. The fourth-order valence-electron chi connectivity index (χ4n) is 3.65. The Balaban J connectivity index is 1.97. The summed E-state index contributed by atoms with van der Waals surface area (Å²) in [6.07, 6.45) is 2.92.